The summed E-state index contributed by atoms with van der Waals surface area (Å²) < 4.78 is 0.966. The number of nitrogens with zero attached hydrogens (tertiary/aromatic N) is 1. The molecule has 0 radical (unpaired) electrons. The first-order valence-corrected chi connectivity index (χ1v) is 6.64. The van der Waals surface area contributed by atoms with Gasteiger partial charge >= 0.3 is 0 Å². The van der Waals surface area contributed by atoms with Crippen molar-refractivity contribution in [3.05, 3.63) is 52.8 Å². The predicted octanol–water partition coefficient (Wildman–Crippen LogP) is 3.41. The number of amides is 1. The summed E-state index contributed by atoms with van der Waals surface area (Å²) >= 11 is 3.39. The highest BCUT2D eigenvalue weighted by atomic mass is 79.9. The summed E-state index contributed by atoms with van der Waals surface area (Å²) in [6, 6.07) is 9.60. The number of hydrogen-bond donors (Lipinski definition) is 2. The first kappa shape index (κ1) is 13.5. The van der Waals surface area contributed by atoms with Crippen LogP contribution >= 0.6 is 15.9 Å². The van der Waals surface area contributed by atoms with Gasteiger partial charge in [-0.1, -0.05) is 0 Å². The van der Waals surface area contributed by atoms with Gasteiger partial charge < -0.3 is 10.6 Å². The van der Waals surface area contributed by atoms with Crippen LogP contribution in [0.1, 0.15) is 12.5 Å². The molecule has 19 heavy (non-hydrogen) atoms. The molecule has 98 valence electrons. The Kier molecular flexibility index (Phi) is 4.52. The minimum absolute atomic E-state index is 0.0686. The van der Waals surface area contributed by atoms with E-state index in [2.05, 4.69) is 31.5 Å². The van der Waals surface area contributed by atoms with Gasteiger partial charge in [-0.3, -0.25) is 9.78 Å². The molecular formula is C14H14BrN3O. The van der Waals surface area contributed by atoms with Crippen LogP contribution in [0.5, 0.6) is 0 Å². The SMILES string of the molecule is CC(=O)Nc1ccc(NCc2cncc(Br)c2)cc1. The molecule has 1 aromatic carbocycles. The Hall–Kier alpha value is -1.88. The zero-order valence-electron chi connectivity index (χ0n) is 10.5. The molecule has 1 heterocycles. The van der Waals surface area contributed by atoms with Crippen LogP contribution in [0.15, 0.2) is 47.2 Å². The van der Waals surface area contributed by atoms with Crippen molar-refractivity contribution >= 4 is 33.2 Å². The molecule has 4 nitrogen and oxygen atoms in total. The van der Waals surface area contributed by atoms with Gasteiger partial charge in [-0.25, -0.2) is 0 Å². The van der Waals surface area contributed by atoms with E-state index >= 15 is 0 Å². The van der Waals surface area contributed by atoms with E-state index in [0.717, 1.165) is 21.4 Å². The first-order valence-electron chi connectivity index (χ1n) is 5.84. The third kappa shape index (κ3) is 4.37. The maximum absolute atomic E-state index is 10.9. The van der Waals surface area contributed by atoms with Crippen molar-refractivity contribution in [3.8, 4) is 0 Å². The molecule has 0 bridgehead atoms. The van der Waals surface area contributed by atoms with Crippen LogP contribution in [0.25, 0.3) is 0 Å². The summed E-state index contributed by atoms with van der Waals surface area (Å²) in [7, 11) is 0. The maximum atomic E-state index is 10.9. The Balaban J connectivity index is 1.94. The molecule has 0 aliphatic rings. The second-order valence-corrected chi connectivity index (χ2v) is 5.04. The number of hydrogen-bond acceptors (Lipinski definition) is 3. The van der Waals surface area contributed by atoms with Crippen LogP contribution in [0.4, 0.5) is 11.4 Å². The summed E-state index contributed by atoms with van der Waals surface area (Å²) in [6.45, 7) is 2.19. The lowest BCUT2D eigenvalue weighted by atomic mass is 10.2. The van der Waals surface area contributed by atoms with Crippen LogP contribution < -0.4 is 10.6 Å². The third-order valence-corrected chi connectivity index (χ3v) is 2.90. The monoisotopic (exact) mass is 319 g/mol. The summed E-state index contributed by atoms with van der Waals surface area (Å²) in [5, 5.41) is 6.03. The van der Waals surface area contributed by atoms with Gasteiger partial charge in [0.15, 0.2) is 0 Å². The van der Waals surface area contributed by atoms with E-state index in [-0.39, 0.29) is 5.91 Å². The van der Waals surface area contributed by atoms with Crippen molar-refractivity contribution in [2.75, 3.05) is 10.6 Å². The number of rotatable bonds is 4. The summed E-state index contributed by atoms with van der Waals surface area (Å²) in [6.07, 6.45) is 3.58. The van der Waals surface area contributed by atoms with Gasteiger partial charge in [-0.05, 0) is 51.8 Å². The Morgan fingerprint density at radius 2 is 1.89 bits per heavy atom. The highest BCUT2D eigenvalue weighted by molar-refractivity contribution is 9.10. The van der Waals surface area contributed by atoms with Gasteiger partial charge in [0.2, 0.25) is 5.91 Å². The zero-order chi connectivity index (χ0) is 13.7. The fourth-order valence-corrected chi connectivity index (χ4v) is 2.04. The van der Waals surface area contributed by atoms with Gasteiger partial charge in [0, 0.05) is 41.7 Å². The normalized spacial score (nSPS) is 10.0. The third-order valence-electron chi connectivity index (χ3n) is 2.46. The van der Waals surface area contributed by atoms with E-state index in [0.29, 0.717) is 6.54 Å². The molecule has 0 saturated carbocycles. The number of pyridine rings is 1. The van der Waals surface area contributed by atoms with Crippen molar-refractivity contribution in [1.29, 1.82) is 0 Å². The van der Waals surface area contributed by atoms with E-state index in [1.165, 1.54) is 6.92 Å². The van der Waals surface area contributed by atoms with Crippen molar-refractivity contribution in [1.82, 2.24) is 4.98 Å². The molecule has 1 amide bonds. The molecule has 0 aliphatic heterocycles. The Bertz CT molecular complexity index is 569. The molecule has 0 spiro atoms. The van der Waals surface area contributed by atoms with Gasteiger partial charge in [0.25, 0.3) is 0 Å². The second-order valence-electron chi connectivity index (χ2n) is 4.12. The van der Waals surface area contributed by atoms with Crippen molar-refractivity contribution < 1.29 is 4.79 Å². The molecule has 1 aromatic heterocycles. The number of aromatic nitrogens is 1. The predicted molar refractivity (Wildman–Crippen MR) is 80.0 cm³/mol. The van der Waals surface area contributed by atoms with Gasteiger partial charge in [0.1, 0.15) is 0 Å². The fourth-order valence-electron chi connectivity index (χ4n) is 1.63. The topological polar surface area (TPSA) is 54.0 Å². The minimum Gasteiger partial charge on any atom is -0.381 e. The Morgan fingerprint density at radius 3 is 2.53 bits per heavy atom. The van der Waals surface area contributed by atoms with Crippen LogP contribution in [-0.2, 0) is 11.3 Å². The summed E-state index contributed by atoms with van der Waals surface area (Å²) in [5.74, 6) is -0.0686. The number of anilines is 2. The van der Waals surface area contributed by atoms with E-state index in [1.807, 2.05) is 36.5 Å². The highest BCUT2D eigenvalue weighted by Crippen LogP contribution is 2.15. The summed E-state index contributed by atoms with van der Waals surface area (Å²) in [4.78, 5) is 15.0. The number of benzene rings is 1. The van der Waals surface area contributed by atoms with Crippen molar-refractivity contribution in [2.45, 2.75) is 13.5 Å². The summed E-state index contributed by atoms with van der Waals surface area (Å²) in [5.41, 5.74) is 2.89. The smallest absolute Gasteiger partial charge is 0.221 e. The number of carbonyl (C=O) groups excluding carboxylic acids is 1. The molecule has 2 aromatic rings. The Morgan fingerprint density at radius 1 is 1.21 bits per heavy atom. The van der Waals surface area contributed by atoms with Crippen molar-refractivity contribution in [2.24, 2.45) is 0 Å². The van der Waals surface area contributed by atoms with E-state index in [4.69, 9.17) is 0 Å². The maximum Gasteiger partial charge on any atom is 0.221 e. The number of nitrogens with one attached hydrogen (secondary N) is 2. The second kappa shape index (κ2) is 6.33. The molecular weight excluding hydrogens is 306 g/mol. The van der Waals surface area contributed by atoms with Crippen LogP contribution in [0, 0.1) is 0 Å². The molecule has 2 rings (SSSR count). The number of halogens is 1. The number of carbonyl (C=O) groups is 1. The lowest BCUT2D eigenvalue weighted by Gasteiger charge is -2.08. The van der Waals surface area contributed by atoms with Gasteiger partial charge in [-0.15, -0.1) is 0 Å². The van der Waals surface area contributed by atoms with Crippen LogP contribution in [-0.4, -0.2) is 10.9 Å². The Labute approximate surface area is 120 Å². The lowest BCUT2D eigenvalue weighted by Crippen LogP contribution is -2.05. The van der Waals surface area contributed by atoms with E-state index < -0.39 is 0 Å². The molecule has 2 N–H and O–H groups in total. The fraction of sp³-hybridized carbons (Fsp3) is 0.143. The largest absolute Gasteiger partial charge is 0.381 e. The molecule has 0 fully saturated rings. The molecule has 0 saturated heterocycles. The van der Waals surface area contributed by atoms with E-state index in [9.17, 15) is 4.79 Å². The molecule has 0 atom stereocenters. The molecule has 0 unspecified atom stereocenters. The minimum atomic E-state index is -0.0686. The van der Waals surface area contributed by atoms with Crippen molar-refractivity contribution in [3.63, 3.8) is 0 Å². The van der Waals surface area contributed by atoms with Gasteiger partial charge in [-0.2, -0.15) is 0 Å². The average Bonchev–Trinajstić information content (AvgIpc) is 2.37. The first-order chi connectivity index (χ1) is 9.13. The zero-order valence-corrected chi connectivity index (χ0v) is 12.1. The highest BCUT2D eigenvalue weighted by Gasteiger charge is 1.98. The van der Waals surface area contributed by atoms with Crippen LogP contribution in [0.3, 0.4) is 0 Å². The van der Waals surface area contributed by atoms with E-state index in [1.54, 1.807) is 6.20 Å². The average molecular weight is 320 g/mol. The van der Waals surface area contributed by atoms with Crippen LogP contribution in [0.2, 0.25) is 0 Å². The molecule has 5 heteroatoms. The molecule has 0 aliphatic carbocycles. The standard InChI is InChI=1S/C14H14BrN3O/c1-10(19)18-14-4-2-13(3-5-14)17-8-11-6-12(15)9-16-7-11/h2-7,9,17H,8H2,1H3,(H,18,19). The quantitative estimate of drug-likeness (QED) is 0.908. The lowest BCUT2D eigenvalue weighted by molar-refractivity contribution is -0.114. The van der Waals surface area contributed by atoms with Gasteiger partial charge in [0.05, 0.1) is 0 Å².